The van der Waals surface area contributed by atoms with Crippen LogP contribution in [0.3, 0.4) is 0 Å². The second-order valence-corrected chi connectivity index (χ2v) is 7.22. The van der Waals surface area contributed by atoms with Crippen LogP contribution in [0.1, 0.15) is 22.2 Å². The number of hydrogen-bond acceptors (Lipinski definition) is 6. The molecule has 140 valence electrons. The monoisotopic (exact) mass is 404 g/mol. The molecule has 0 bridgehead atoms. The van der Waals surface area contributed by atoms with Gasteiger partial charge in [0.25, 0.3) is 0 Å². The van der Waals surface area contributed by atoms with E-state index >= 15 is 0 Å². The molecule has 0 amide bonds. The van der Waals surface area contributed by atoms with Crippen LogP contribution in [0.25, 0.3) is 10.1 Å². The fourth-order valence-electron chi connectivity index (χ4n) is 2.49. The van der Waals surface area contributed by atoms with Gasteiger partial charge in [-0.1, -0.05) is 29.8 Å². The van der Waals surface area contributed by atoms with Gasteiger partial charge in [0.15, 0.2) is 23.9 Å². The van der Waals surface area contributed by atoms with E-state index in [-0.39, 0.29) is 19.0 Å². The summed E-state index contributed by atoms with van der Waals surface area (Å²) >= 11 is 7.83. The third-order valence-electron chi connectivity index (χ3n) is 3.88. The highest BCUT2D eigenvalue weighted by molar-refractivity contribution is 7.19. The number of carbonyl (C=O) groups excluding carboxylic acids is 2. The predicted molar refractivity (Wildman–Crippen MR) is 105 cm³/mol. The number of rotatable bonds is 7. The highest BCUT2D eigenvalue weighted by Gasteiger charge is 2.14. The van der Waals surface area contributed by atoms with Crippen LogP contribution < -0.4 is 9.47 Å². The predicted octanol–water partition coefficient (Wildman–Crippen LogP) is 4.89. The second kappa shape index (κ2) is 8.41. The molecule has 3 aromatic rings. The lowest BCUT2D eigenvalue weighted by atomic mass is 10.1. The molecule has 0 spiro atoms. The van der Waals surface area contributed by atoms with E-state index in [2.05, 4.69) is 0 Å². The molecular formula is C20H17ClO5S. The van der Waals surface area contributed by atoms with Crippen LogP contribution in [0.2, 0.25) is 5.02 Å². The fourth-order valence-corrected chi connectivity index (χ4v) is 3.89. The van der Waals surface area contributed by atoms with Crippen LogP contribution in [0.4, 0.5) is 0 Å². The average molecular weight is 405 g/mol. The highest BCUT2D eigenvalue weighted by Crippen LogP contribution is 2.35. The van der Waals surface area contributed by atoms with Gasteiger partial charge in [0.05, 0.1) is 17.0 Å². The topological polar surface area (TPSA) is 61.8 Å². The molecule has 0 saturated heterocycles. The van der Waals surface area contributed by atoms with Crippen molar-refractivity contribution >= 4 is 44.8 Å². The molecule has 0 saturated carbocycles. The van der Waals surface area contributed by atoms with E-state index in [1.165, 1.54) is 25.4 Å². The van der Waals surface area contributed by atoms with Gasteiger partial charge in [-0.15, -0.1) is 11.3 Å². The van der Waals surface area contributed by atoms with E-state index in [4.69, 9.17) is 25.8 Å². The first-order valence-electron chi connectivity index (χ1n) is 8.13. The molecule has 3 rings (SSSR count). The van der Waals surface area contributed by atoms with Gasteiger partial charge in [-0.3, -0.25) is 4.79 Å². The summed E-state index contributed by atoms with van der Waals surface area (Å²) in [7, 11) is 1.47. The van der Waals surface area contributed by atoms with Crippen LogP contribution in [0, 0.1) is 0 Å². The maximum Gasteiger partial charge on any atom is 0.344 e. The molecule has 1 aromatic heterocycles. The van der Waals surface area contributed by atoms with E-state index < -0.39 is 5.97 Å². The van der Waals surface area contributed by atoms with Crippen LogP contribution in [-0.4, -0.2) is 25.5 Å². The Labute approximate surface area is 165 Å². The molecule has 0 radical (unpaired) electrons. The Morgan fingerprint density at radius 3 is 2.59 bits per heavy atom. The summed E-state index contributed by atoms with van der Waals surface area (Å²) in [6.07, 6.45) is 0. The Balaban J connectivity index is 1.60. The van der Waals surface area contributed by atoms with Crippen molar-refractivity contribution in [1.29, 1.82) is 0 Å². The third kappa shape index (κ3) is 4.40. The maximum atomic E-state index is 12.0. The largest absolute Gasteiger partial charge is 0.493 e. The van der Waals surface area contributed by atoms with Crippen LogP contribution in [0.5, 0.6) is 11.5 Å². The normalized spacial score (nSPS) is 10.6. The first-order chi connectivity index (χ1) is 13.0. The first kappa shape index (κ1) is 19.2. The number of esters is 1. The number of ether oxygens (including phenoxy) is 3. The fraction of sp³-hybridized carbons (Fsp3) is 0.200. The van der Waals surface area contributed by atoms with Crippen LogP contribution >= 0.6 is 22.9 Å². The minimum atomic E-state index is -0.527. The van der Waals surface area contributed by atoms with Gasteiger partial charge in [0.2, 0.25) is 0 Å². The van der Waals surface area contributed by atoms with Gasteiger partial charge in [0, 0.05) is 15.6 Å². The van der Waals surface area contributed by atoms with E-state index in [1.54, 1.807) is 18.2 Å². The summed E-state index contributed by atoms with van der Waals surface area (Å²) in [5, 5.41) is 1.55. The quantitative estimate of drug-likeness (QED) is 0.414. The molecule has 0 N–H and O–H groups in total. The molecule has 5 nitrogen and oxygen atoms in total. The lowest BCUT2D eigenvalue weighted by Crippen LogP contribution is -2.15. The minimum absolute atomic E-state index is 0.0838. The molecule has 0 aliphatic rings. The van der Waals surface area contributed by atoms with Gasteiger partial charge in [-0.2, -0.15) is 0 Å². The van der Waals surface area contributed by atoms with Crippen molar-refractivity contribution in [3.63, 3.8) is 0 Å². The van der Waals surface area contributed by atoms with Crippen molar-refractivity contribution in [1.82, 2.24) is 0 Å². The summed E-state index contributed by atoms with van der Waals surface area (Å²) in [6, 6.07) is 12.5. The standard InChI is InChI=1S/C20H17ClO5S/c1-12(22)13-7-8-15(16(9-13)24-2)25-11-19(23)26-10-18-20(21)14-5-3-4-6-17(14)27-18/h3-9H,10-11H2,1-2H3. The second-order valence-electron chi connectivity index (χ2n) is 5.71. The van der Waals surface area contributed by atoms with Crippen LogP contribution in [-0.2, 0) is 16.1 Å². The summed E-state index contributed by atoms with van der Waals surface area (Å²) in [6.45, 7) is 1.27. The summed E-state index contributed by atoms with van der Waals surface area (Å²) < 4.78 is 17.0. The Hall–Kier alpha value is -2.57. The number of hydrogen-bond donors (Lipinski definition) is 0. The van der Waals surface area contributed by atoms with E-state index in [0.717, 1.165) is 15.0 Å². The van der Waals surface area contributed by atoms with E-state index in [9.17, 15) is 9.59 Å². The SMILES string of the molecule is COc1cc(C(C)=O)ccc1OCC(=O)OCc1sc2ccccc2c1Cl. The van der Waals surface area contributed by atoms with Crippen molar-refractivity contribution in [2.75, 3.05) is 13.7 Å². The zero-order chi connectivity index (χ0) is 19.4. The Bertz CT molecular complexity index is 995. The van der Waals surface area contributed by atoms with Gasteiger partial charge in [-0.25, -0.2) is 4.79 Å². The molecular weight excluding hydrogens is 388 g/mol. The summed E-state index contributed by atoms with van der Waals surface area (Å²) in [5.74, 6) is 0.128. The van der Waals surface area contributed by atoms with Crippen molar-refractivity contribution in [2.24, 2.45) is 0 Å². The number of fused-ring (bicyclic) bond motifs is 1. The Morgan fingerprint density at radius 1 is 1.11 bits per heavy atom. The molecule has 1 heterocycles. The number of benzene rings is 2. The highest BCUT2D eigenvalue weighted by atomic mass is 35.5. The molecule has 0 atom stereocenters. The molecule has 0 aliphatic carbocycles. The van der Waals surface area contributed by atoms with Crippen molar-refractivity contribution in [2.45, 2.75) is 13.5 Å². The van der Waals surface area contributed by atoms with E-state index in [1.807, 2.05) is 24.3 Å². The molecule has 7 heteroatoms. The smallest absolute Gasteiger partial charge is 0.344 e. The zero-order valence-corrected chi connectivity index (χ0v) is 16.4. The maximum absolute atomic E-state index is 12.0. The first-order valence-corrected chi connectivity index (χ1v) is 9.32. The number of carbonyl (C=O) groups is 2. The third-order valence-corrected chi connectivity index (χ3v) is 5.57. The zero-order valence-electron chi connectivity index (χ0n) is 14.8. The minimum Gasteiger partial charge on any atom is -0.493 e. The van der Waals surface area contributed by atoms with Crippen molar-refractivity contribution < 1.29 is 23.8 Å². The Kier molecular flexibility index (Phi) is 5.98. The number of ketones is 1. The number of methoxy groups -OCH3 is 1. The van der Waals surface area contributed by atoms with E-state index in [0.29, 0.717) is 22.1 Å². The van der Waals surface area contributed by atoms with Gasteiger partial charge < -0.3 is 14.2 Å². The number of thiophene rings is 1. The van der Waals surface area contributed by atoms with Gasteiger partial charge in [-0.05, 0) is 31.2 Å². The average Bonchev–Trinajstić information content (AvgIpc) is 3.00. The van der Waals surface area contributed by atoms with Crippen LogP contribution in [0.15, 0.2) is 42.5 Å². The van der Waals surface area contributed by atoms with Gasteiger partial charge in [0.1, 0.15) is 6.61 Å². The van der Waals surface area contributed by atoms with Crippen molar-refractivity contribution in [3.8, 4) is 11.5 Å². The number of Topliss-reactive ketones (excluding diaryl/α,β-unsaturated/α-hetero) is 1. The molecule has 0 fully saturated rings. The molecule has 27 heavy (non-hydrogen) atoms. The lowest BCUT2D eigenvalue weighted by Gasteiger charge is -2.11. The molecule has 2 aromatic carbocycles. The summed E-state index contributed by atoms with van der Waals surface area (Å²) in [4.78, 5) is 24.2. The Morgan fingerprint density at radius 2 is 1.89 bits per heavy atom. The number of halogens is 1. The summed E-state index contributed by atoms with van der Waals surface area (Å²) in [5.41, 5.74) is 0.501. The van der Waals surface area contributed by atoms with Gasteiger partial charge >= 0.3 is 5.97 Å². The lowest BCUT2D eigenvalue weighted by molar-refractivity contribution is -0.147. The molecule has 0 aliphatic heterocycles. The molecule has 0 unspecified atom stereocenters. The van der Waals surface area contributed by atoms with Crippen molar-refractivity contribution in [3.05, 3.63) is 57.9 Å².